The van der Waals surface area contributed by atoms with E-state index in [2.05, 4.69) is 20.9 Å². The minimum atomic E-state index is -0.217. The van der Waals surface area contributed by atoms with Crippen LogP contribution in [0.4, 0.5) is 10.5 Å². The molecule has 0 aromatic heterocycles. The molecule has 4 saturated heterocycles. The van der Waals surface area contributed by atoms with Gasteiger partial charge in [-0.3, -0.25) is 19.4 Å². The van der Waals surface area contributed by atoms with Crippen LogP contribution >= 0.6 is 11.8 Å². The number of hydrogen-bond donors (Lipinski definition) is 3. The fourth-order valence-electron chi connectivity index (χ4n) is 7.29. The number of ether oxygens (including phenoxy) is 1. The number of likely N-dealkylation sites (tertiary alicyclic amines) is 2. The Bertz CT molecular complexity index is 1460. The summed E-state index contributed by atoms with van der Waals surface area (Å²) in [5.41, 5.74) is 2.51. The molecule has 2 aromatic rings. The van der Waals surface area contributed by atoms with Gasteiger partial charge in [-0.1, -0.05) is 30.0 Å². The highest BCUT2D eigenvalue weighted by Crippen LogP contribution is 2.48. The second kappa shape index (κ2) is 12.5. The summed E-state index contributed by atoms with van der Waals surface area (Å²) in [6.07, 6.45) is 4.80. The third-order valence-corrected chi connectivity index (χ3v) is 10.8. The van der Waals surface area contributed by atoms with E-state index >= 15 is 0 Å². The fourth-order valence-corrected chi connectivity index (χ4v) is 8.69. The van der Waals surface area contributed by atoms with Crippen LogP contribution in [0.5, 0.6) is 11.5 Å². The van der Waals surface area contributed by atoms with Crippen molar-refractivity contribution in [3.63, 3.8) is 0 Å². The number of aryl methyl sites for hydroxylation is 1. The number of nitrogens with one attached hydrogen (secondary N) is 3. The zero-order valence-corrected chi connectivity index (χ0v) is 25.9. The minimum Gasteiger partial charge on any atom is -0.457 e. The van der Waals surface area contributed by atoms with Gasteiger partial charge in [-0.15, -0.1) is 0 Å². The van der Waals surface area contributed by atoms with Gasteiger partial charge in [-0.2, -0.15) is 0 Å². The number of carbonyl (C=O) groups is 3. The summed E-state index contributed by atoms with van der Waals surface area (Å²) in [5.74, 6) is 1.43. The predicted octanol–water partition coefficient (Wildman–Crippen LogP) is 3.78. The van der Waals surface area contributed by atoms with Crippen LogP contribution in [0.1, 0.15) is 37.7 Å². The van der Waals surface area contributed by atoms with Crippen LogP contribution < -0.4 is 25.6 Å². The number of piperidine rings is 2. The van der Waals surface area contributed by atoms with Crippen LogP contribution in [0, 0.1) is 12.8 Å². The number of rotatable bonds is 7. The van der Waals surface area contributed by atoms with Crippen molar-refractivity contribution in [3.05, 3.63) is 64.7 Å². The number of nitrogens with zero attached hydrogens (tertiary/aromatic N) is 3. The summed E-state index contributed by atoms with van der Waals surface area (Å²) in [7, 11) is 0. The van der Waals surface area contributed by atoms with Crippen LogP contribution in [0.25, 0.3) is 0 Å². The second-order valence-electron chi connectivity index (χ2n) is 12.4. The molecule has 3 N–H and O–H groups in total. The summed E-state index contributed by atoms with van der Waals surface area (Å²) in [5, 5.41) is 9.91. The normalized spacial score (nSPS) is 26.8. The number of amides is 4. The first-order chi connectivity index (χ1) is 21.4. The SMILES string of the molecule is Cc1cc(Oc2ccccc2)ccc1N1C(=O)NC2=C(C(=O)N[C@@H]3CCCN(C(=O)CN4CCCC4)C3)SC3NCCC1C23. The quantitative estimate of drug-likeness (QED) is 0.435. The molecule has 232 valence electrons. The first-order valence-electron chi connectivity index (χ1n) is 15.8. The third kappa shape index (κ3) is 5.80. The van der Waals surface area contributed by atoms with Crippen molar-refractivity contribution in [1.82, 2.24) is 25.8 Å². The van der Waals surface area contributed by atoms with Gasteiger partial charge in [0.25, 0.3) is 5.91 Å². The maximum Gasteiger partial charge on any atom is 0.326 e. The summed E-state index contributed by atoms with van der Waals surface area (Å²) in [6.45, 7) is 6.47. The maximum absolute atomic E-state index is 13.7. The van der Waals surface area contributed by atoms with E-state index in [1.807, 2.05) is 65.3 Å². The van der Waals surface area contributed by atoms with Gasteiger partial charge >= 0.3 is 6.03 Å². The van der Waals surface area contributed by atoms with E-state index in [9.17, 15) is 14.4 Å². The number of hydrogen-bond acceptors (Lipinski definition) is 7. The number of carbonyl (C=O) groups excluding carboxylic acids is 3. The lowest BCUT2D eigenvalue weighted by Crippen LogP contribution is -2.62. The second-order valence-corrected chi connectivity index (χ2v) is 13.6. The molecule has 11 heteroatoms. The smallest absolute Gasteiger partial charge is 0.326 e. The van der Waals surface area contributed by atoms with Crippen LogP contribution in [-0.4, -0.2) is 84.4 Å². The van der Waals surface area contributed by atoms with Gasteiger partial charge in [0.15, 0.2) is 0 Å². The number of anilines is 1. The fraction of sp³-hybridized carbons (Fsp3) is 0.485. The highest BCUT2D eigenvalue weighted by Gasteiger charge is 2.52. The number of thioether (sulfide) groups is 1. The molecular formula is C33H40N6O4S. The zero-order chi connectivity index (χ0) is 30.2. The van der Waals surface area contributed by atoms with Crippen LogP contribution in [0.2, 0.25) is 0 Å². The lowest BCUT2D eigenvalue weighted by Gasteiger charge is -2.46. The molecule has 0 radical (unpaired) electrons. The Balaban J connectivity index is 1.05. The van der Waals surface area contributed by atoms with Gasteiger partial charge in [-0.05, 0) is 94.6 Å². The zero-order valence-electron chi connectivity index (χ0n) is 25.1. The Labute approximate surface area is 262 Å². The lowest BCUT2D eigenvalue weighted by molar-refractivity contribution is -0.134. The Morgan fingerprint density at radius 2 is 1.84 bits per heavy atom. The van der Waals surface area contributed by atoms with Crippen molar-refractivity contribution < 1.29 is 19.1 Å². The van der Waals surface area contributed by atoms with E-state index in [0.717, 1.165) is 81.0 Å². The lowest BCUT2D eigenvalue weighted by atomic mass is 9.86. The Hall–Kier alpha value is -3.54. The van der Waals surface area contributed by atoms with Crippen LogP contribution in [0.3, 0.4) is 0 Å². The first-order valence-corrected chi connectivity index (χ1v) is 16.7. The molecule has 0 bridgehead atoms. The molecule has 0 spiro atoms. The van der Waals surface area contributed by atoms with Crippen LogP contribution in [0.15, 0.2) is 59.1 Å². The van der Waals surface area contributed by atoms with Gasteiger partial charge in [0.05, 0.1) is 22.9 Å². The first kappa shape index (κ1) is 29.2. The molecule has 4 amide bonds. The molecule has 10 nitrogen and oxygen atoms in total. The summed E-state index contributed by atoms with van der Waals surface area (Å²) >= 11 is 1.51. The summed E-state index contributed by atoms with van der Waals surface area (Å²) in [4.78, 5) is 47.0. The Morgan fingerprint density at radius 1 is 1.02 bits per heavy atom. The van der Waals surface area contributed by atoms with Crippen molar-refractivity contribution in [1.29, 1.82) is 0 Å². The Kier molecular flexibility index (Phi) is 8.26. The number of benzene rings is 2. The van der Waals surface area contributed by atoms with E-state index in [1.54, 1.807) is 0 Å². The third-order valence-electron chi connectivity index (χ3n) is 9.42. The van der Waals surface area contributed by atoms with Crippen molar-refractivity contribution >= 4 is 35.3 Å². The topological polar surface area (TPSA) is 106 Å². The molecule has 7 rings (SSSR count). The van der Waals surface area contributed by atoms with Gasteiger partial charge < -0.3 is 25.6 Å². The maximum atomic E-state index is 13.7. The molecule has 5 aliphatic rings. The van der Waals surface area contributed by atoms with Gasteiger partial charge in [0.2, 0.25) is 5.91 Å². The highest BCUT2D eigenvalue weighted by molar-refractivity contribution is 8.04. The van der Waals surface area contributed by atoms with E-state index < -0.39 is 0 Å². The molecular weight excluding hydrogens is 576 g/mol. The molecule has 5 heterocycles. The molecule has 0 saturated carbocycles. The highest BCUT2D eigenvalue weighted by atomic mass is 32.2. The van der Waals surface area contributed by atoms with Crippen molar-refractivity contribution in [2.75, 3.05) is 44.2 Å². The largest absolute Gasteiger partial charge is 0.457 e. The average molecular weight is 617 g/mol. The average Bonchev–Trinajstić information content (AvgIpc) is 3.67. The monoisotopic (exact) mass is 616 g/mol. The van der Waals surface area contributed by atoms with E-state index in [4.69, 9.17) is 4.74 Å². The summed E-state index contributed by atoms with van der Waals surface area (Å²) < 4.78 is 6.02. The van der Waals surface area contributed by atoms with Crippen molar-refractivity contribution in [2.45, 2.75) is 56.5 Å². The molecule has 5 aliphatic heterocycles. The van der Waals surface area contributed by atoms with Crippen molar-refractivity contribution in [3.8, 4) is 11.5 Å². The van der Waals surface area contributed by atoms with Gasteiger partial charge in [-0.25, -0.2) is 4.79 Å². The molecule has 44 heavy (non-hydrogen) atoms. The molecule has 4 fully saturated rings. The van der Waals surface area contributed by atoms with Gasteiger partial charge in [0, 0.05) is 36.4 Å². The minimum absolute atomic E-state index is 0.00140. The predicted molar refractivity (Wildman–Crippen MR) is 170 cm³/mol. The molecule has 4 atom stereocenters. The van der Waals surface area contributed by atoms with Crippen LogP contribution in [-0.2, 0) is 9.59 Å². The summed E-state index contributed by atoms with van der Waals surface area (Å²) in [6, 6.07) is 15.1. The molecule has 2 aromatic carbocycles. The van der Waals surface area contributed by atoms with E-state index in [-0.39, 0.29) is 41.2 Å². The van der Waals surface area contributed by atoms with E-state index in [1.165, 1.54) is 11.8 Å². The number of urea groups is 1. The standard InChI is InChI=1S/C33H40N6O4S/c1-21-18-24(43-23-9-3-2-4-10-23)11-12-25(21)39-26-13-14-34-32-28(26)29(36-33(39)42)30(44-32)31(41)35-22-8-7-17-38(19-22)27(40)20-37-15-5-6-16-37/h2-4,9-12,18,22,26,28,32,34H,5-8,13-17,19-20H2,1H3,(H,35,41)(H,36,42)/t22-,26?,28?,32?/m1/s1. The van der Waals surface area contributed by atoms with Crippen molar-refractivity contribution in [2.24, 2.45) is 5.92 Å². The van der Waals surface area contributed by atoms with Gasteiger partial charge in [0.1, 0.15) is 11.5 Å². The molecule has 3 unspecified atom stereocenters. The number of para-hydroxylation sites is 1. The van der Waals surface area contributed by atoms with E-state index in [0.29, 0.717) is 23.7 Å². The Morgan fingerprint density at radius 3 is 2.64 bits per heavy atom. The molecule has 0 aliphatic carbocycles.